The van der Waals surface area contributed by atoms with Crippen molar-refractivity contribution in [2.45, 2.75) is 64.2 Å². The number of hydrogen-bond acceptors (Lipinski definition) is 1. The summed E-state index contributed by atoms with van der Waals surface area (Å²) in [5.74, 6) is 2.40. The summed E-state index contributed by atoms with van der Waals surface area (Å²) in [5, 5.41) is 0. The first-order chi connectivity index (χ1) is 13.8. The van der Waals surface area contributed by atoms with Crippen LogP contribution in [0, 0.1) is 5.92 Å². The summed E-state index contributed by atoms with van der Waals surface area (Å²) in [6, 6.07) is 17.5. The SMILES string of the molecule is CCCCOc1ccc(-c2ccc(C3CCC(CCC=CF)CC3)cc2)cc1. The van der Waals surface area contributed by atoms with Crippen molar-refractivity contribution in [1.82, 2.24) is 0 Å². The van der Waals surface area contributed by atoms with E-state index in [-0.39, 0.29) is 0 Å². The Bertz CT molecular complexity index is 709. The van der Waals surface area contributed by atoms with Crippen molar-refractivity contribution >= 4 is 0 Å². The molecule has 0 atom stereocenters. The number of ether oxygens (including phenoxy) is 1. The van der Waals surface area contributed by atoms with Crippen LogP contribution in [0.15, 0.2) is 60.9 Å². The third kappa shape index (κ3) is 5.95. The van der Waals surface area contributed by atoms with E-state index < -0.39 is 0 Å². The van der Waals surface area contributed by atoms with Gasteiger partial charge in [-0.1, -0.05) is 55.8 Å². The Hall–Kier alpha value is -2.09. The molecular formula is C26H33FO. The summed E-state index contributed by atoms with van der Waals surface area (Å²) in [4.78, 5) is 0. The molecule has 1 fully saturated rings. The smallest absolute Gasteiger partial charge is 0.119 e. The van der Waals surface area contributed by atoms with Crippen LogP contribution in [0.5, 0.6) is 5.75 Å². The van der Waals surface area contributed by atoms with Crippen LogP contribution in [-0.4, -0.2) is 6.61 Å². The van der Waals surface area contributed by atoms with Crippen LogP contribution in [0.3, 0.4) is 0 Å². The minimum atomic E-state index is 0.677. The second-order valence-corrected chi connectivity index (χ2v) is 8.01. The largest absolute Gasteiger partial charge is 0.494 e. The van der Waals surface area contributed by atoms with Gasteiger partial charge in [-0.15, -0.1) is 0 Å². The average molecular weight is 381 g/mol. The fourth-order valence-electron chi connectivity index (χ4n) is 4.21. The fraction of sp³-hybridized carbons (Fsp3) is 0.462. The summed E-state index contributed by atoms with van der Waals surface area (Å²) in [6.45, 7) is 2.97. The molecule has 0 amide bonds. The van der Waals surface area contributed by atoms with E-state index >= 15 is 0 Å². The predicted molar refractivity (Wildman–Crippen MR) is 116 cm³/mol. The van der Waals surface area contributed by atoms with Gasteiger partial charge in [0.1, 0.15) is 5.75 Å². The van der Waals surface area contributed by atoms with Crippen molar-refractivity contribution in [3.8, 4) is 16.9 Å². The molecular weight excluding hydrogens is 347 g/mol. The van der Waals surface area contributed by atoms with Crippen LogP contribution in [0.4, 0.5) is 4.39 Å². The molecule has 2 aromatic rings. The predicted octanol–water partition coefficient (Wildman–Crippen LogP) is 8.07. The van der Waals surface area contributed by atoms with Crippen LogP contribution in [-0.2, 0) is 0 Å². The molecule has 1 saturated carbocycles. The molecule has 28 heavy (non-hydrogen) atoms. The molecule has 0 radical (unpaired) electrons. The van der Waals surface area contributed by atoms with E-state index in [1.165, 1.54) is 42.4 Å². The molecule has 3 rings (SSSR count). The van der Waals surface area contributed by atoms with Gasteiger partial charge in [0.05, 0.1) is 12.9 Å². The Kier molecular flexibility index (Phi) is 8.14. The molecule has 0 aliphatic heterocycles. The van der Waals surface area contributed by atoms with Gasteiger partial charge in [0, 0.05) is 0 Å². The van der Waals surface area contributed by atoms with Crippen LogP contribution < -0.4 is 4.74 Å². The molecule has 0 aromatic heterocycles. The third-order valence-electron chi connectivity index (χ3n) is 6.01. The number of benzene rings is 2. The molecule has 1 aliphatic rings. The van der Waals surface area contributed by atoms with Crippen molar-refractivity contribution in [2.24, 2.45) is 5.92 Å². The van der Waals surface area contributed by atoms with Gasteiger partial charge in [-0.2, -0.15) is 0 Å². The maximum absolute atomic E-state index is 12.1. The second-order valence-electron chi connectivity index (χ2n) is 8.01. The molecule has 0 heterocycles. The van der Waals surface area contributed by atoms with Crippen LogP contribution >= 0.6 is 0 Å². The van der Waals surface area contributed by atoms with Crippen LogP contribution in [0.25, 0.3) is 11.1 Å². The van der Waals surface area contributed by atoms with E-state index in [2.05, 4.69) is 55.5 Å². The van der Waals surface area contributed by atoms with Gasteiger partial charge in [0.25, 0.3) is 0 Å². The minimum absolute atomic E-state index is 0.677. The van der Waals surface area contributed by atoms with Gasteiger partial charge >= 0.3 is 0 Å². The Labute approximate surface area is 169 Å². The highest BCUT2D eigenvalue weighted by Gasteiger charge is 2.21. The lowest BCUT2D eigenvalue weighted by molar-refractivity contribution is 0.309. The van der Waals surface area contributed by atoms with E-state index in [4.69, 9.17) is 4.74 Å². The van der Waals surface area contributed by atoms with E-state index in [1.54, 1.807) is 6.08 Å². The molecule has 0 saturated heterocycles. The second kappa shape index (κ2) is 11.0. The molecule has 0 N–H and O–H groups in total. The zero-order valence-corrected chi connectivity index (χ0v) is 17.1. The number of halogens is 1. The van der Waals surface area contributed by atoms with Crippen molar-refractivity contribution < 1.29 is 9.13 Å². The minimum Gasteiger partial charge on any atom is -0.494 e. The Morgan fingerprint density at radius 1 is 0.929 bits per heavy atom. The molecule has 2 heteroatoms. The zero-order chi connectivity index (χ0) is 19.6. The van der Waals surface area contributed by atoms with Crippen LogP contribution in [0.2, 0.25) is 0 Å². The molecule has 0 unspecified atom stereocenters. The summed E-state index contributed by atoms with van der Waals surface area (Å²) in [6.07, 6.45) is 11.6. The van der Waals surface area contributed by atoms with Crippen molar-refractivity contribution in [2.75, 3.05) is 6.61 Å². The van der Waals surface area contributed by atoms with Crippen LogP contribution in [0.1, 0.15) is 69.8 Å². The third-order valence-corrected chi connectivity index (χ3v) is 6.01. The lowest BCUT2D eigenvalue weighted by Gasteiger charge is -2.28. The zero-order valence-electron chi connectivity index (χ0n) is 17.1. The van der Waals surface area contributed by atoms with Crippen molar-refractivity contribution in [3.63, 3.8) is 0 Å². The first-order valence-corrected chi connectivity index (χ1v) is 10.9. The fourth-order valence-corrected chi connectivity index (χ4v) is 4.21. The molecule has 150 valence electrons. The monoisotopic (exact) mass is 380 g/mol. The first kappa shape index (κ1) is 20.6. The number of rotatable bonds is 9. The molecule has 0 spiro atoms. The van der Waals surface area contributed by atoms with Gasteiger partial charge in [-0.25, -0.2) is 4.39 Å². The molecule has 2 aromatic carbocycles. The van der Waals surface area contributed by atoms with Gasteiger partial charge in [-0.05, 0) is 85.6 Å². The number of allylic oxidation sites excluding steroid dienone is 1. The average Bonchev–Trinajstić information content (AvgIpc) is 2.75. The van der Waals surface area contributed by atoms with Crippen molar-refractivity contribution in [1.29, 1.82) is 0 Å². The summed E-state index contributed by atoms with van der Waals surface area (Å²) in [5.41, 5.74) is 3.96. The van der Waals surface area contributed by atoms with Gasteiger partial charge < -0.3 is 4.74 Å². The number of unbranched alkanes of at least 4 members (excludes halogenated alkanes) is 1. The number of hydrogen-bond donors (Lipinski definition) is 0. The standard InChI is InChI=1S/C26H33FO/c1-2-3-20-28-26-17-15-25(16-18-26)24-13-11-23(12-14-24)22-9-7-21(8-10-22)6-4-5-19-27/h5,11-19,21-22H,2-4,6-10,20H2,1H3. The lowest BCUT2D eigenvalue weighted by atomic mass is 9.77. The van der Waals surface area contributed by atoms with E-state index in [9.17, 15) is 4.39 Å². The van der Waals surface area contributed by atoms with Gasteiger partial charge in [0.15, 0.2) is 0 Å². The van der Waals surface area contributed by atoms with E-state index in [0.29, 0.717) is 12.2 Å². The maximum Gasteiger partial charge on any atom is 0.119 e. The molecule has 1 aliphatic carbocycles. The summed E-state index contributed by atoms with van der Waals surface area (Å²) < 4.78 is 17.8. The Balaban J connectivity index is 1.52. The topological polar surface area (TPSA) is 9.23 Å². The Morgan fingerprint density at radius 3 is 2.18 bits per heavy atom. The van der Waals surface area contributed by atoms with Gasteiger partial charge in [0.2, 0.25) is 0 Å². The van der Waals surface area contributed by atoms with E-state index in [1.807, 2.05) is 0 Å². The Morgan fingerprint density at radius 2 is 1.57 bits per heavy atom. The van der Waals surface area contributed by atoms with E-state index in [0.717, 1.165) is 44.0 Å². The highest BCUT2D eigenvalue weighted by atomic mass is 19.1. The first-order valence-electron chi connectivity index (χ1n) is 10.9. The highest BCUT2D eigenvalue weighted by Crippen LogP contribution is 2.38. The molecule has 0 bridgehead atoms. The highest BCUT2D eigenvalue weighted by molar-refractivity contribution is 5.64. The summed E-state index contributed by atoms with van der Waals surface area (Å²) in [7, 11) is 0. The van der Waals surface area contributed by atoms with Crippen molar-refractivity contribution in [3.05, 3.63) is 66.5 Å². The lowest BCUT2D eigenvalue weighted by Crippen LogP contribution is -2.13. The maximum atomic E-state index is 12.1. The normalized spacial score (nSPS) is 19.8. The van der Waals surface area contributed by atoms with Gasteiger partial charge in [-0.3, -0.25) is 0 Å². The molecule has 1 nitrogen and oxygen atoms in total. The summed E-state index contributed by atoms with van der Waals surface area (Å²) >= 11 is 0. The quantitative estimate of drug-likeness (QED) is 0.400.